The number of carbonyl (C=O) groups excluding carboxylic acids is 2. The van der Waals surface area contributed by atoms with Crippen molar-refractivity contribution in [3.05, 3.63) is 35.9 Å². The maximum Gasteiger partial charge on any atom is 0.338 e. The topological polar surface area (TPSA) is 94.4 Å². The van der Waals surface area contributed by atoms with Crippen LogP contribution in [0.1, 0.15) is 64.9 Å². The van der Waals surface area contributed by atoms with Gasteiger partial charge in [0.2, 0.25) is 5.90 Å². The summed E-state index contributed by atoms with van der Waals surface area (Å²) in [6.45, 7) is 5.82. The van der Waals surface area contributed by atoms with E-state index in [4.69, 9.17) is 14.2 Å². The molecule has 1 aromatic carbocycles. The Morgan fingerprint density at radius 3 is 2.44 bits per heavy atom. The van der Waals surface area contributed by atoms with Crippen LogP contribution >= 0.6 is 0 Å². The molecule has 0 bridgehead atoms. The average molecular weight is 448 g/mol. The van der Waals surface area contributed by atoms with Gasteiger partial charge in [-0.25, -0.2) is 9.79 Å². The molecule has 0 spiro atoms. The van der Waals surface area contributed by atoms with Crippen molar-refractivity contribution in [1.29, 1.82) is 0 Å². The van der Waals surface area contributed by atoms with Crippen molar-refractivity contribution in [1.82, 2.24) is 0 Å². The monoisotopic (exact) mass is 447 g/mol. The van der Waals surface area contributed by atoms with Crippen LogP contribution in [-0.2, 0) is 23.8 Å². The van der Waals surface area contributed by atoms with Crippen LogP contribution in [0.3, 0.4) is 0 Å². The molecule has 0 radical (unpaired) electrons. The Balaban J connectivity index is 2.29. The summed E-state index contributed by atoms with van der Waals surface area (Å²) in [7, 11) is 2.65. The molecule has 0 amide bonds. The number of methoxy groups -OCH3 is 2. The molecule has 1 heterocycles. The summed E-state index contributed by atoms with van der Waals surface area (Å²) in [5, 5.41) is 11.1. The normalized spacial score (nSPS) is 20.1. The molecule has 0 saturated carbocycles. The first-order chi connectivity index (χ1) is 15.2. The Kier molecular flexibility index (Phi) is 9.25. The number of rotatable bonds is 12. The van der Waals surface area contributed by atoms with E-state index >= 15 is 0 Å². The molecule has 1 aromatic rings. The standard InChI is InChI=1S/C25H37NO6/c1-6-7-8-12-15-19(22(28)30-4)20(27)16-24(2,3)25(23(29)31-5)17-32-21(26-25)18-13-10-9-11-14-18/h9-11,13-14,19-20,27H,6-8,12,15-17H2,1-5H3. The van der Waals surface area contributed by atoms with Crippen LogP contribution in [0.25, 0.3) is 0 Å². The predicted molar refractivity (Wildman–Crippen MR) is 122 cm³/mol. The second kappa shape index (κ2) is 11.5. The molecule has 1 aliphatic heterocycles. The molecule has 0 aliphatic carbocycles. The highest BCUT2D eigenvalue weighted by atomic mass is 16.5. The SMILES string of the molecule is CCCCCCC(C(=O)OC)C(O)CC(C)(C)C1(C(=O)OC)COC(c2ccccc2)=N1. The lowest BCUT2D eigenvalue weighted by atomic mass is 9.68. The Morgan fingerprint density at radius 2 is 1.84 bits per heavy atom. The van der Waals surface area contributed by atoms with E-state index in [2.05, 4.69) is 11.9 Å². The fraction of sp³-hybridized carbons (Fsp3) is 0.640. The van der Waals surface area contributed by atoms with Crippen molar-refractivity contribution in [2.24, 2.45) is 16.3 Å². The second-order valence-electron chi connectivity index (χ2n) is 9.06. The zero-order chi connectivity index (χ0) is 23.8. The van der Waals surface area contributed by atoms with Gasteiger partial charge < -0.3 is 19.3 Å². The number of unbranched alkanes of at least 4 members (excludes halogenated alkanes) is 3. The number of ether oxygens (including phenoxy) is 3. The molecule has 7 nitrogen and oxygen atoms in total. The molecule has 2 rings (SSSR count). The lowest BCUT2D eigenvalue weighted by Gasteiger charge is -2.40. The molecule has 0 fully saturated rings. The highest BCUT2D eigenvalue weighted by Gasteiger charge is 2.57. The number of esters is 2. The van der Waals surface area contributed by atoms with Gasteiger partial charge in [0.1, 0.15) is 6.61 Å². The van der Waals surface area contributed by atoms with Crippen LogP contribution in [-0.4, -0.2) is 55.4 Å². The fourth-order valence-electron chi connectivity index (χ4n) is 4.28. The number of aliphatic hydroxyl groups is 1. The van der Waals surface area contributed by atoms with Crippen LogP contribution < -0.4 is 0 Å². The number of hydrogen-bond donors (Lipinski definition) is 1. The first-order valence-electron chi connectivity index (χ1n) is 11.3. The summed E-state index contributed by atoms with van der Waals surface area (Å²) in [6.07, 6.45) is 3.68. The van der Waals surface area contributed by atoms with Gasteiger partial charge in [-0.05, 0) is 25.0 Å². The highest BCUT2D eigenvalue weighted by Crippen LogP contribution is 2.44. The maximum atomic E-state index is 13.0. The smallest absolute Gasteiger partial charge is 0.338 e. The van der Waals surface area contributed by atoms with Gasteiger partial charge in [-0.2, -0.15) is 0 Å². The molecular formula is C25H37NO6. The van der Waals surface area contributed by atoms with Crippen LogP contribution in [0.4, 0.5) is 0 Å². The fourth-order valence-corrected chi connectivity index (χ4v) is 4.28. The highest BCUT2D eigenvalue weighted by molar-refractivity contribution is 5.99. The number of benzene rings is 1. The van der Waals surface area contributed by atoms with Crippen LogP contribution in [0.15, 0.2) is 35.3 Å². The van der Waals surface area contributed by atoms with E-state index in [9.17, 15) is 14.7 Å². The third-order valence-electron chi connectivity index (χ3n) is 6.43. The maximum absolute atomic E-state index is 13.0. The van der Waals surface area contributed by atoms with E-state index in [0.29, 0.717) is 12.3 Å². The Labute approximate surface area is 191 Å². The number of hydrogen-bond acceptors (Lipinski definition) is 7. The van der Waals surface area contributed by atoms with E-state index in [1.165, 1.54) is 14.2 Å². The van der Waals surface area contributed by atoms with Gasteiger partial charge >= 0.3 is 11.9 Å². The van der Waals surface area contributed by atoms with E-state index in [-0.39, 0.29) is 13.0 Å². The average Bonchev–Trinajstić information content (AvgIpc) is 3.26. The first kappa shape index (κ1) is 25.8. The van der Waals surface area contributed by atoms with Crippen molar-refractivity contribution in [3.63, 3.8) is 0 Å². The minimum absolute atomic E-state index is 0.00299. The molecule has 1 N–H and O–H groups in total. The van der Waals surface area contributed by atoms with Crippen molar-refractivity contribution in [3.8, 4) is 0 Å². The third-order valence-corrected chi connectivity index (χ3v) is 6.43. The van der Waals surface area contributed by atoms with Gasteiger partial charge in [0.05, 0.1) is 26.2 Å². The van der Waals surface area contributed by atoms with Crippen molar-refractivity contribution in [2.45, 2.75) is 70.9 Å². The molecule has 0 saturated heterocycles. The number of aliphatic hydroxyl groups excluding tert-OH is 1. The summed E-state index contributed by atoms with van der Waals surface area (Å²) in [5.41, 5.74) is -1.43. The van der Waals surface area contributed by atoms with Gasteiger partial charge in [0.25, 0.3) is 0 Å². The van der Waals surface area contributed by atoms with Crippen molar-refractivity contribution < 1.29 is 28.9 Å². The van der Waals surface area contributed by atoms with E-state index in [0.717, 1.165) is 31.2 Å². The molecule has 7 heteroatoms. The summed E-state index contributed by atoms with van der Waals surface area (Å²) in [4.78, 5) is 30.1. The number of aliphatic imine (C=N–C) groups is 1. The van der Waals surface area contributed by atoms with Crippen molar-refractivity contribution >= 4 is 17.8 Å². The Bertz CT molecular complexity index is 791. The van der Waals surface area contributed by atoms with Gasteiger partial charge in [0, 0.05) is 11.0 Å². The third kappa shape index (κ3) is 5.68. The van der Waals surface area contributed by atoms with Gasteiger partial charge in [-0.15, -0.1) is 0 Å². The second-order valence-corrected chi connectivity index (χ2v) is 9.06. The first-order valence-corrected chi connectivity index (χ1v) is 11.3. The molecule has 1 aliphatic rings. The van der Waals surface area contributed by atoms with Crippen molar-refractivity contribution in [2.75, 3.05) is 20.8 Å². The Hall–Kier alpha value is -2.41. The summed E-state index contributed by atoms with van der Waals surface area (Å²) in [6, 6.07) is 9.34. The minimum atomic E-state index is -1.34. The van der Waals surface area contributed by atoms with Crippen LogP contribution in [0.2, 0.25) is 0 Å². The zero-order valence-corrected chi connectivity index (χ0v) is 19.9. The molecule has 3 atom stereocenters. The van der Waals surface area contributed by atoms with Gasteiger partial charge in [-0.3, -0.25) is 4.79 Å². The number of nitrogens with zero attached hydrogens (tertiary/aromatic N) is 1. The summed E-state index contributed by atoms with van der Waals surface area (Å²) < 4.78 is 15.9. The molecule has 32 heavy (non-hydrogen) atoms. The quantitative estimate of drug-likeness (QED) is 0.386. The van der Waals surface area contributed by atoms with E-state index < -0.39 is 34.9 Å². The van der Waals surface area contributed by atoms with E-state index in [1.807, 2.05) is 44.2 Å². The Morgan fingerprint density at radius 1 is 1.16 bits per heavy atom. The molecule has 178 valence electrons. The molecule has 3 unspecified atom stereocenters. The lowest BCUT2D eigenvalue weighted by Crippen LogP contribution is -2.54. The predicted octanol–water partition coefficient (Wildman–Crippen LogP) is 3.91. The van der Waals surface area contributed by atoms with E-state index in [1.54, 1.807) is 0 Å². The molecular weight excluding hydrogens is 410 g/mol. The summed E-state index contributed by atoms with van der Waals surface area (Å²) in [5.74, 6) is -1.26. The summed E-state index contributed by atoms with van der Waals surface area (Å²) >= 11 is 0. The lowest BCUT2D eigenvalue weighted by molar-refractivity contribution is -0.155. The molecule has 0 aromatic heterocycles. The number of carbonyl (C=O) groups is 2. The van der Waals surface area contributed by atoms with Gasteiger partial charge in [0.15, 0.2) is 5.54 Å². The van der Waals surface area contributed by atoms with Crippen LogP contribution in [0, 0.1) is 11.3 Å². The van der Waals surface area contributed by atoms with Gasteiger partial charge in [-0.1, -0.05) is 64.7 Å². The minimum Gasteiger partial charge on any atom is -0.474 e. The van der Waals surface area contributed by atoms with Crippen LogP contribution in [0.5, 0.6) is 0 Å². The zero-order valence-electron chi connectivity index (χ0n) is 19.9. The largest absolute Gasteiger partial charge is 0.474 e.